The molecular formula is C17H15ClIN5O. The minimum atomic E-state index is -0.212. The van der Waals surface area contributed by atoms with Gasteiger partial charge in [0, 0.05) is 22.8 Å². The minimum Gasteiger partial charge on any atom is -0.384 e. The summed E-state index contributed by atoms with van der Waals surface area (Å²) in [6.07, 6.45) is 4.07. The van der Waals surface area contributed by atoms with Crippen LogP contribution in [-0.4, -0.2) is 20.4 Å². The van der Waals surface area contributed by atoms with E-state index < -0.39 is 0 Å². The molecule has 0 unspecified atom stereocenters. The highest BCUT2D eigenvalue weighted by Gasteiger charge is 2.18. The van der Waals surface area contributed by atoms with Crippen molar-refractivity contribution in [3.05, 3.63) is 59.1 Å². The highest BCUT2D eigenvalue weighted by molar-refractivity contribution is 14.1. The second-order valence-corrected chi connectivity index (χ2v) is 6.34. The van der Waals surface area contributed by atoms with Crippen LogP contribution in [0.3, 0.4) is 0 Å². The average molecular weight is 468 g/mol. The summed E-state index contributed by atoms with van der Waals surface area (Å²) in [7, 11) is 0. The minimum absolute atomic E-state index is 0.212. The lowest BCUT2D eigenvalue weighted by Crippen LogP contribution is -2.16. The lowest BCUT2D eigenvalue weighted by Gasteiger charge is -2.12. The molecule has 2 aromatic heterocycles. The van der Waals surface area contributed by atoms with Gasteiger partial charge in [0.15, 0.2) is 0 Å². The topological polar surface area (TPSA) is 85.8 Å². The van der Waals surface area contributed by atoms with E-state index in [4.69, 9.17) is 17.3 Å². The molecule has 3 N–H and O–H groups in total. The molecule has 0 bridgehead atoms. The lowest BCUT2D eigenvalue weighted by atomic mass is 10.1. The van der Waals surface area contributed by atoms with Crippen molar-refractivity contribution in [2.45, 2.75) is 13.3 Å². The maximum absolute atomic E-state index is 12.4. The van der Waals surface area contributed by atoms with Gasteiger partial charge in [-0.1, -0.05) is 24.6 Å². The number of carbonyl (C=O) groups is 1. The number of nitrogens with two attached hydrogens (primary N) is 1. The van der Waals surface area contributed by atoms with Crippen molar-refractivity contribution < 1.29 is 4.79 Å². The van der Waals surface area contributed by atoms with Crippen LogP contribution in [0.2, 0.25) is 5.02 Å². The third-order valence-corrected chi connectivity index (χ3v) is 4.54. The van der Waals surface area contributed by atoms with Crippen molar-refractivity contribution in [2.75, 3.05) is 5.73 Å². The Bertz CT molecular complexity index is 941. The first-order valence-corrected chi connectivity index (χ1v) is 8.99. The van der Waals surface area contributed by atoms with Gasteiger partial charge in [0.25, 0.3) is 5.91 Å². The number of nitrogens with zero attached hydrogens (tertiary/aromatic N) is 3. The van der Waals surface area contributed by atoms with Gasteiger partial charge in [-0.15, -0.1) is 0 Å². The molecule has 0 aliphatic heterocycles. The number of nitrogens with one attached hydrogen (secondary N) is 1. The first kappa shape index (κ1) is 17.7. The third-order valence-electron chi connectivity index (χ3n) is 3.81. The molecular weight excluding hydrogens is 453 g/mol. The highest BCUT2D eigenvalue weighted by atomic mass is 127. The van der Waals surface area contributed by atoms with Gasteiger partial charge in [-0.05, 0) is 30.2 Å². The van der Waals surface area contributed by atoms with Crippen molar-refractivity contribution in [3.63, 3.8) is 0 Å². The number of hydrogen-bond donors (Lipinski definition) is 2. The van der Waals surface area contributed by atoms with E-state index in [0.717, 1.165) is 23.2 Å². The van der Waals surface area contributed by atoms with E-state index in [1.807, 2.05) is 51.8 Å². The fourth-order valence-electron chi connectivity index (χ4n) is 2.62. The standard InChI is InChI=1S/C17H15ClIN5O/c1-2-10-3-4-12(18)6-14(10)24-8-11(5-15(24)17(25)23-19)13-7-16(20)22-9-21-13/h3-9H,2H2,1H3,(H,23,25)(H2,20,21,22). The Morgan fingerprint density at radius 2 is 2.12 bits per heavy atom. The fourth-order valence-corrected chi connectivity index (χ4v) is 3.06. The van der Waals surface area contributed by atoms with Gasteiger partial charge in [0.1, 0.15) is 17.8 Å². The van der Waals surface area contributed by atoms with Gasteiger partial charge in [0.2, 0.25) is 0 Å². The van der Waals surface area contributed by atoms with Crippen molar-refractivity contribution in [1.82, 2.24) is 18.1 Å². The molecule has 8 heteroatoms. The smallest absolute Gasteiger partial charge is 0.276 e. The quantitative estimate of drug-likeness (QED) is 0.451. The molecule has 0 radical (unpaired) electrons. The number of benzene rings is 1. The molecule has 25 heavy (non-hydrogen) atoms. The number of nitrogen functional groups attached to an aromatic ring is 1. The SMILES string of the molecule is CCc1ccc(Cl)cc1-n1cc(-c2cc(N)ncn2)cc1C(=O)NI. The Morgan fingerprint density at radius 3 is 2.80 bits per heavy atom. The van der Waals surface area contributed by atoms with Crippen LogP contribution in [-0.2, 0) is 6.42 Å². The van der Waals surface area contributed by atoms with E-state index in [1.165, 1.54) is 6.33 Å². The van der Waals surface area contributed by atoms with E-state index in [0.29, 0.717) is 22.2 Å². The van der Waals surface area contributed by atoms with Crippen molar-refractivity contribution in [3.8, 4) is 16.9 Å². The van der Waals surface area contributed by atoms with Crippen LogP contribution in [0.5, 0.6) is 0 Å². The summed E-state index contributed by atoms with van der Waals surface area (Å²) in [4.78, 5) is 20.5. The third kappa shape index (κ3) is 3.62. The molecule has 0 atom stereocenters. The molecule has 0 saturated carbocycles. The first-order valence-electron chi connectivity index (χ1n) is 7.53. The summed E-state index contributed by atoms with van der Waals surface area (Å²) < 4.78 is 4.47. The predicted molar refractivity (Wildman–Crippen MR) is 107 cm³/mol. The van der Waals surface area contributed by atoms with E-state index in [1.54, 1.807) is 12.1 Å². The molecule has 0 fully saturated rings. The zero-order valence-electron chi connectivity index (χ0n) is 13.3. The second-order valence-electron chi connectivity index (χ2n) is 5.36. The number of anilines is 1. The number of amides is 1. The molecule has 0 aliphatic carbocycles. The van der Waals surface area contributed by atoms with Crippen molar-refractivity contribution in [2.24, 2.45) is 0 Å². The van der Waals surface area contributed by atoms with Crippen LogP contribution in [0.4, 0.5) is 5.82 Å². The molecule has 0 spiro atoms. The van der Waals surface area contributed by atoms with Gasteiger partial charge in [-0.2, -0.15) is 0 Å². The van der Waals surface area contributed by atoms with Gasteiger partial charge < -0.3 is 10.3 Å². The van der Waals surface area contributed by atoms with Crippen LogP contribution in [0.1, 0.15) is 23.0 Å². The molecule has 0 aliphatic rings. The Balaban J connectivity index is 2.22. The average Bonchev–Trinajstić information content (AvgIpc) is 3.06. The van der Waals surface area contributed by atoms with Crippen LogP contribution in [0, 0.1) is 0 Å². The lowest BCUT2D eigenvalue weighted by molar-refractivity contribution is 0.0983. The number of hydrogen-bond acceptors (Lipinski definition) is 4. The molecule has 128 valence electrons. The van der Waals surface area contributed by atoms with Crippen molar-refractivity contribution >= 4 is 46.2 Å². The summed E-state index contributed by atoms with van der Waals surface area (Å²) in [6.45, 7) is 2.06. The summed E-state index contributed by atoms with van der Waals surface area (Å²) in [5.41, 5.74) is 9.59. The number of carbonyl (C=O) groups excluding carboxylic acids is 1. The fraction of sp³-hybridized carbons (Fsp3) is 0.118. The molecule has 3 rings (SSSR count). The van der Waals surface area contributed by atoms with E-state index in [9.17, 15) is 4.79 Å². The monoisotopic (exact) mass is 467 g/mol. The molecule has 2 heterocycles. The predicted octanol–water partition coefficient (Wildman–Crippen LogP) is 3.81. The maximum Gasteiger partial charge on any atom is 0.276 e. The van der Waals surface area contributed by atoms with Crippen LogP contribution in [0.25, 0.3) is 16.9 Å². The number of halogens is 2. The second kappa shape index (κ2) is 7.40. The van der Waals surface area contributed by atoms with Gasteiger partial charge in [-0.25, -0.2) is 9.97 Å². The van der Waals surface area contributed by atoms with E-state index in [-0.39, 0.29) is 5.91 Å². The summed E-state index contributed by atoms with van der Waals surface area (Å²) in [6, 6.07) is 9.10. The number of rotatable bonds is 4. The van der Waals surface area contributed by atoms with Crippen LogP contribution >= 0.6 is 34.5 Å². The maximum atomic E-state index is 12.4. The van der Waals surface area contributed by atoms with Crippen molar-refractivity contribution in [1.29, 1.82) is 0 Å². The Hall–Kier alpha value is -2.13. The van der Waals surface area contributed by atoms with E-state index in [2.05, 4.69) is 20.4 Å². The summed E-state index contributed by atoms with van der Waals surface area (Å²) in [5, 5.41) is 0.606. The van der Waals surface area contributed by atoms with Crippen LogP contribution in [0.15, 0.2) is 42.9 Å². The number of aromatic nitrogens is 3. The normalized spacial score (nSPS) is 10.7. The largest absolute Gasteiger partial charge is 0.384 e. The summed E-state index contributed by atoms with van der Waals surface area (Å²) in [5.74, 6) is 0.158. The highest BCUT2D eigenvalue weighted by Crippen LogP contribution is 2.28. The van der Waals surface area contributed by atoms with Gasteiger partial charge in [-0.3, -0.25) is 8.32 Å². The molecule has 3 aromatic rings. The Morgan fingerprint density at radius 1 is 1.32 bits per heavy atom. The Kier molecular flexibility index (Phi) is 5.24. The van der Waals surface area contributed by atoms with Crippen LogP contribution < -0.4 is 9.26 Å². The van der Waals surface area contributed by atoms with Gasteiger partial charge >= 0.3 is 0 Å². The first-order chi connectivity index (χ1) is 12.0. The summed E-state index contributed by atoms with van der Waals surface area (Å²) >= 11 is 8.00. The molecule has 1 aromatic carbocycles. The Labute approximate surface area is 163 Å². The van der Waals surface area contributed by atoms with Gasteiger partial charge in [0.05, 0.1) is 34.2 Å². The molecule has 6 nitrogen and oxygen atoms in total. The molecule has 1 amide bonds. The number of aryl methyl sites for hydroxylation is 1. The molecule has 0 saturated heterocycles. The van der Waals surface area contributed by atoms with E-state index >= 15 is 0 Å². The zero-order valence-corrected chi connectivity index (χ0v) is 16.2. The zero-order chi connectivity index (χ0) is 18.0.